The summed E-state index contributed by atoms with van der Waals surface area (Å²) in [6.45, 7) is 12.3. The third-order valence-corrected chi connectivity index (χ3v) is 9.34. The van der Waals surface area contributed by atoms with E-state index in [1.165, 1.54) is 11.3 Å². The molecule has 1 N–H and O–H groups in total. The van der Waals surface area contributed by atoms with Gasteiger partial charge in [-0.25, -0.2) is 0 Å². The SMILES string of the molecule is CC(C)(C)[Si](C)(C)OCC1Cc2cc(Br)ccc2N1. The Morgan fingerprint density at radius 3 is 2.68 bits per heavy atom. The van der Waals surface area contributed by atoms with E-state index < -0.39 is 8.32 Å². The number of halogens is 1. The Morgan fingerprint density at radius 2 is 2.05 bits per heavy atom. The standard InChI is InChI=1S/C15H24BrNOSi/c1-15(2,3)19(4,5)18-10-13-9-11-8-12(16)6-7-14(11)17-13/h6-8,13,17H,9-10H2,1-5H3. The number of nitrogens with one attached hydrogen (secondary N) is 1. The Hall–Kier alpha value is -0.323. The van der Waals surface area contributed by atoms with Gasteiger partial charge in [0.05, 0.1) is 12.6 Å². The molecule has 0 bridgehead atoms. The largest absolute Gasteiger partial charge is 0.415 e. The topological polar surface area (TPSA) is 21.3 Å². The fourth-order valence-electron chi connectivity index (χ4n) is 2.03. The lowest BCUT2D eigenvalue weighted by molar-refractivity contribution is 0.272. The van der Waals surface area contributed by atoms with Crippen molar-refractivity contribution in [2.75, 3.05) is 11.9 Å². The molecule has 1 aliphatic rings. The van der Waals surface area contributed by atoms with Crippen molar-refractivity contribution in [2.45, 2.75) is 51.4 Å². The summed E-state index contributed by atoms with van der Waals surface area (Å²) >= 11 is 3.53. The zero-order chi connectivity index (χ0) is 14.3. The second-order valence-corrected chi connectivity index (χ2v) is 12.6. The zero-order valence-corrected chi connectivity index (χ0v) is 15.1. The fraction of sp³-hybridized carbons (Fsp3) is 0.600. The summed E-state index contributed by atoms with van der Waals surface area (Å²) < 4.78 is 7.46. The third-order valence-electron chi connectivity index (χ3n) is 4.34. The first-order chi connectivity index (χ1) is 8.69. The minimum atomic E-state index is -1.64. The van der Waals surface area contributed by atoms with Crippen LogP contribution in [0.3, 0.4) is 0 Å². The van der Waals surface area contributed by atoms with Crippen LogP contribution in [0, 0.1) is 0 Å². The molecule has 0 amide bonds. The van der Waals surface area contributed by atoms with E-state index in [1.807, 2.05) is 0 Å². The average Bonchev–Trinajstić information content (AvgIpc) is 2.67. The van der Waals surface area contributed by atoms with Gasteiger partial charge >= 0.3 is 0 Å². The zero-order valence-electron chi connectivity index (χ0n) is 12.5. The Morgan fingerprint density at radius 1 is 1.37 bits per heavy atom. The molecular formula is C15H24BrNOSi. The van der Waals surface area contributed by atoms with Gasteiger partial charge in [0.2, 0.25) is 0 Å². The molecule has 2 nitrogen and oxygen atoms in total. The molecular weight excluding hydrogens is 318 g/mol. The molecule has 1 aromatic rings. The molecule has 106 valence electrons. The second kappa shape index (κ2) is 5.22. The van der Waals surface area contributed by atoms with Crippen LogP contribution in [-0.2, 0) is 10.8 Å². The minimum Gasteiger partial charge on any atom is -0.415 e. The molecule has 0 fully saturated rings. The monoisotopic (exact) mass is 341 g/mol. The van der Waals surface area contributed by atoms with Gasteiger partial charge in [0.15, 0.2) is 8.32 Å². The van der Waals surface area contributed by atoms with Crippen LogP contribution < -0.4 is 5.32 Å². The van der Waals surface area contributed by atoms with Crippen molar-refractivity contribution >= 4 is 29.9 Å². The van der Waals surface area contributed by atoms with Gasteiger partial charge in [-0.15, -0.1) is 0 Å². The summed E-state index contributed by atoms with van der Waals surface area (Å²) in [5.41, 5.74) is 2.64. The molecule has 0 spiro atoms. The highest BCUT2D eigenvalue weighted by Gasteiger charge is 2.38. The summed E-state index contributed by atoms with van der Waals surface area (Å²) in [5.74, 6) is 0. The lowest BCUT2D eigenvalue weighted by Gasteiger charge is -2.37. The number of anilines is 1. The lowest BCUT2D eigenvalue weighted by Crippen LogP contribution is -2.43. The van der Waals surface area contributed by atoms with Crippen LogP contribution >= 0.6 is 15.9 Å². The Bertz CT molecular complexity index is 468. The smallest absolute Gasteiger partial charge is 0.192 e. The summed E-state index contributed by atoms with van der Waals surface area (Å²) in [6.07, 6.45) is 1.06. The highest BCUT2D eigenvalue weighted by Crippen LogP contribution is 2.37. The van der Waals surface area contributed by atoms with Crippen LogP contribution in [-0.4, -0.2) is 21.0 Å². The van der Waals surface area contributed by atoms with E-state index in [9.17, 15) is 0 Å². The lowest BCUT2D eigenvalue weighted by atomic mass is 10.1. The molecule has 1 unspecified atom stereocenters. The van der Waals surface area contributed by atoms with Gasteiger partial charge in [0.25, 0.3) is 0 Å². The maximum absolute atomic E-state index is 6.30. The molecule has 0 aliphatic carbocycles. The van der Waals surface area contributed by atoms with Gasteiger partial charge in [-0.1, -0.05) is 36.7 Å². The molecule has 1 aliphatic heterocycles. The van der Waals surface area contributed by atoms with E-state index in [1.54, 1.807) is 0 Å². The minimum absolute atomic E-state index is 0.279. The first kappa shape index (κ1) is 15.1. The summed E-state index contributed by atoms with van der Waals surface area (Å²) in [5, 5.41) is 3.84. The van der Waals surface area contributed by atoms with Crippen molar-refractivity contribution in [1.29, 1.82) is 0 Å². The maximum atomic E-state index is 6.30. The number of benzene rings is 1. The molecule has 0 aromatic heterocycles. The van der Waals surface area contributed by atoms with E-state index >= 15 is 0 Å². The highest BCUT2D eigenvalue weighted by molar-refractivity contribution is 9.10. The third kappa shape index (κ3) is 3.41. The first-order valence-electron chi connectivity index (χ1n) is 6.88. The molecule has 1 aromatic carbocycles. The van der Waals surface area contributed by atoms with Crippen LogP contribution in [0.15, 0.2) is 22.7 Å². The Kier molecular flexibility index (Phi) is 4.14. The first-order valence-corrected chi connectivity index (χ1v) is 10.6. The average molecular weight is 342 g/mol. The molecule has 4 heteroatoms. The van der Waals surface area contributed by atoms with Crippen LogP contribution in [0.1, 0.15) is 26.3 Å². The molecule has 1 atom stereocenters. The van der Waals surface area contributed by atoms with Gasteiger partial charge in [-0.3, -0.25) is 0 Å². The summed E-state index contributed by atoms with van der Waals surface area (Å²) in [6, 6.07) is 6.85. The number of hydrogen-bond acceptors (Lipinski definition) is 2. The van der Waals surface area contributed by atoms with Crippen LogP contribution in [0.2, 0.25) is 18.1 Å². The fourth-order valence-corrected chi connectivity index (χ4v) is 3.49. The maximum Gasteiger partial charge on any atom is 0.192 e. The molecule has 0 saturated heterocycles. The molecule has 19 heavy (non-hydrogen) atoms. The number of hydrogen-bond donors (Lipinski definition) is 1. The van der Waals surface area contributed by atoms with Crippen molar-refractivity contribution in [2.24, 2.45) is 0 Å². The van der Waals surface area contributed by atoms with Gasteiger partial charge in [0.1, 0.15) is 0 Å². The second-order valence-electron chi connectivity index (χ2n) is 6.92. The van der Waals surface area contributed by atoms with E-state index in [-0.39, 0.29) is 5.04 Å². The van der Waals surface area contributed by atoms with E-state index in [2.05, 4.69) is 73.3 Å². The molecule has 0 saturated carbocycles. The molecule has 2 rings (SSSR count). The predicted molar refractivity (Wildman–Crippen MR) is 88.4 cm³/mol. The van der Waals surface area contributed by atoms with Crippen molar-refractivity contribution in [3.05, 3.63) is 28.2 Å². The van der Waals surface area contributed by atoms with E-state index in [0.29, 0.717) is 6.04 Å². The Balaban J connectivity index is 1.94. The van der Waals surface area contributed by atoms with E-state index in [0.717, 1.165) is 17.5 Å². The van der Waals surface area contributed by atoms with Crippen LogP contribution in [0.5, 0.6) is 0 Å². The van der Waals surface area contributed by atoms with Gasteiger partial charge in [-0.05, 0) is 48.3 Å². The number of fused-ring (bicyclic) bond motifs is 1. The van der Waals surface area contributed by atoms with Crippen LogP contribution in [0.4, 0.5) is 5.69 Å². The van der Waals surface area contributed by atoms with Crippen molar-refractivity contribution in [3.63, 3.8) is 0 Å². The van der Waals surface area contributed by atoms with Gasteiger partial charge < -0.3 is 9.74 Å². The summed E-state index contributed by atoms with van der Waals surface area (Å²) in [7, 11) is -1.64. The normalized spacial score (nSPS) is 19.2. The van der Waals surface area contributed by atoms with Gasteiger partial charge in [-0.2, -0.15) is 0 Å². The van der Waals surface area contributed by atoms with Gasteiger partial charge in [0, 0.05) is 10.2 Å². The molecule has 0 radical (unpaired) electrons. The van der Waals surface area contributed by atoms with Crippen LogP contribution in [0.25, 0.3) is 0 Å². The Labute approximate surface area is 126 Å². The highest BCUT2D eigenvalue weighted by atomic mass is 79.9. The molecule has 1 heterocycles. The van der Waals surface area contributed by atoms with E-state index in [4.69, 9.17) is 4.43 Å². The quantitative estimate of drug-likeness (QED) is 0.796. The van der Waals surface area contributed by atoms with Crippen molar-refractivity contribution < 1.29 is 4.43 Å². The number of rotatable bonds is 3. The summed E-state index contributed by atoms with van der Waals surface area (Å²) in [4.78, 5) is 0. The van der Waals surface area contributed by atoms with Crippen molar-refractivity contribution in [3.8, 4) is 0 Å². The van der Waals surface area contributed by atoms with Crippen molar-refractivity contribution in [1.82, 2.24) is 0 Å². The predicted octanol–water partition coefficient (Wildman–Crippen LogP) is 4.81.